The lowest BCUT2D eigenvalue weighted by atomic mass is 9.92. The van der Waals surface area contributed by atoms with Crippen molar-refractivity contribution in [3.8, 4) is 5.75 Å². The lowest BCUT2D eigenvalue weighted by Gasteiger charge is -2.18. The van der Waals surface area contributed by atoms with Crippen LogP contribution in [-0.2, 0) is 0 Å². The molecule has 0 saturated heterocycles. The number of hydrogen-bond acceptors (Lipinski definition) is 2. The summed E-state index contributed by atoms with van der Waals surface area (Å²) in [6.45, 7) is 9.41. The highest BCUT2D eigenvalue weighted by molar-refractivity contribution is 5.94. The zero-order valence-corrected chi connectivity index (χ0v) is 13.6. The van der Waals surface area contributed by atoms with E-state index in [1.54, 1.807) is 0 Å². The number of carbonyl (C=O) groups excluding carboxylic acids is 1. The lowest BCUT2D eigenvalue weighted by molar-refractivity contribution is 0.0935. The van der Waals surface area contributed by atoms with Gasteiger partial charge in [0.1, 0.15) is 5.75 Å². The van der Waals surface area contributed by atoms with Gasteiger partial charge in [0, 0.05) is 11.6 Å². The van der Waals surface area contributed by atoms with Gasteiger partial charge in [-0.2, -0.15) is 0 Å². The molecule has 1 aromatic carbocycles. The van der Waals surface area contributed by atoms with Gasteiger partial charge in [0.25, 0.3) is 5.91 Å². The van der Waals surface area contributed by atoms with Crippen molar-refractivity contribution < 1.29 is 9.53 Å². The van der Waals surface area contributed by atoms with Gasteiger partial charge in [-0.3, -0.25) is 4.79 Å². The lowest BCUT2D eigenvalue weighted by Crippen LogP contribution is -2.33. The molecule has 1 aliphatic carbocycles. The van der Waals surface area contributed by atoms with Crippen molar-refractivity contribution in [2.75, 3.05) is 6.61 Å². The molecule has 1 atom stereocenters. The van der Waals surface area contributed by atoms with Crippen molar-refractivity contribution in [2.24, 2.45) is 11.3 Å². The molecular weight excluding hydrogens is 262 g/mol. The molecule has 0 aliphatic heterocycles. The Balaban J connectivity index is 1.94. The fourth-order valence-electron chi connectivity index (χ4n) is 2.82. The largest absolute Gasteiger partial charge is 0.493 e. The van der Waals surface area contributed by atoms with E-state index in [9.17, 15) is 4.79 Å². The molecule has 0 aromatic heterocycles. The molecule has 1 aliphatic rings. The Labute approximate surface area is 128 Å². The molecule has 2 rings (SSSR count). The van der Waals surface area contributed by atoms with Gasteiger partial charge in [-0.25, -0.2) is 0 Å². The number of nitrogens with one attached hydrogen (secondary N) is 1. The van der Waals surface area contributed by atoms with Crippen molar-refractivity contribution in [3.63, 3.8) is 0 Å². The van der Waals surface area contributed by atoms with Crippen LogP contribution in [0, 0.1) is 11.3 Å². The topological polar surface area (TPSA) is 38.3 Å². The summed E-state index contributed by atoms with van der Waals surface area (Å²) in [5.74, 6) is 1.25. The molecule has 0 bridgehead atoms. The average Bonchev–Trinajstić information content (AvgIpc) is 2.76. The minimum Gasteiger partial charge on any atom is -0.493 e. The summed E-state index contributed by atoms with van der Waals surface area (Å²) in [5.41, 5.74) is 1.03. The van der Waals surface area contributed by atoms with Crippen molar-refractivity contribution in [2.45, 2.75) is 53.0 Å². The molecule has 1 aromatic rings. The van der Waals surface area contributed by atoms with Gasteiger partial charge in [0.15, 0.2) is 0 Å². The second kappa shape index (κ2) is 6.50. The summed E-state index contributed by atoms with van der Waals surface area (Å²) < 4.78 is 5.68. The smallest absolute Gasteiger partial charge is 0.251 e. The number of rotatable bonds is 5. The normalized spacial score (nSPS) is 20.5. The maximum Gasteiger partial charge on any atom is 0.251 e. The SMILES string of the molecule is CC(C)COc1cccc(C(=O)NC2CCC(C)(C)C2)c1. The van der Waals surface area contributed by atoms with E-state index < -0.39 is 0 Å². The molecule has 1 fully saturated rings. The third kappa shape index (κ3) is 4.76. The molecule has 0 radical (unpaired) electrons. The van der Waals surface area contributed by atoms with Crippen LogP contribution in [0.5, 0.6) is 5.75 Å². The third-order valence-corrected chi connectivity index (χ3v) is 3.98. The third-order valence-electron chi connectivity index (χ3n) is 3.98. The van der Waals surface area contributed by atoms with E-state index in [0.29, 0.717) is 29.5 Å². The van der Waals surface area contributed by atoms with Crippen LogP contribution in [-0.4, -0.2) is 18.6 Å². The average molecular weight is 289 g/mol. The van der Waals surface area contributed by atoms with Crippen LogP contribution < -0.4 is 10.1 Å². The molecule has 0 spiro atoms. The molecule has 1 unspecified atom stereocenters. The maximum absolute atomic E-state index is 12.3. The van der Waals surface area contributed by atoms with E-state index in [4.69, 9.17) is 4.74 Å². The predicted octanol–water partition coefficient (Wildman–Crippen LogP) is 4.03. The Kier molecular flexibility index (Phi) is 4.92. The Hall–Kier alpha value is -1.51. The highest BCUT2D eigenvalue weighted by Gasteiger charge is 2.31. The number of carbonyl (C=O) groups is 1. The first kappa shape index (κ1) is 15.9. The highest BCUT2D eigenvalue weighted by Crippen LogP contribution is 2.37. The summed E-state index contributed by atoms with van der Waals surface area (Å²) in [5, 5.41) is 3.15. The van der Waals surface area contributed by atoms with Crippen molar-refractivity contribution in [3.05, 3.63) is 29.8 Å². The monoisotopic (exact) mass is 289 g/mol. The fraction of sp³-hybridized carbons (Fsp3) is 0.611. The van der Waals surface area contributed by atoms with Gasteiger partial charge in [0.2, 0.25) is 0 Å². The second-order valence-corrected chi connectivity index (χ2v) is 7.31. The van der Waals surface area contributed by atoms with E-state index in [-0.39, 0.29) is 5.91 Å². The quantitative estimate of drug-likeness (QED) is 0.888. The van der Waals surface area contributed by atoms with Crippen LogP contribution in [0.15, 0.2) is 24.3 Å². The predicted molar refractivity (Wildman–Crippen MR) is 85.7 cm³/mol. The second-order valence-electron chi connectivity index (χ2n) is 7.31. The Morgan fingerprint density at radius 2 is 2.19 bits per heavy atom. The molecule has 3 heteroatoms. The molecule has 1 amide bonds. The Bertz CT molecular complexity index is 494. The first-order valence-electron chi connectivity index (χ1n) is 7.89. The summed E-state index contributed by atoms with van der Waals surface area (Å²) >= 11 is 0. The van der Waals surface area contributed by atoms with Crippen LogP contribution in [0.4, 0.5) is 0 Å². The van der Waals surface area contributed by atoms with E-state index in [1.165, 1.54) is 6.42 Å². The molecule has 1 saturated carbocycles. The molecule has 1 N–H and O–H groups in total. The van der Waals surface area contributed by atoms with Gasteiger partial charge in [0.05, 0.1) is 6.61 Å². The van der Waals surface area contributed by atoms with Gasteiger partial charge in [-0.1, -0.05) is 33.8 Å². The van der Waals surface area contributed by atoms with Crippen molar-refractivity contribution >= 4 is 5.91 Å². The van der Waals surface area contributed by atoms with E-state index in [0.717, 1.165) is 18.6 Å². The maximum atomic E-state index is 12.3. The molecule has 116 valence electrons. The van der Waals surface area contributed by atoms with Gasteiger partial charge >= 0.3 is 0 Å². The number of amides is 1. The zero-order valence-electron chi connectivity index (χ0n) is 13.6. The minimum atomic E-state index is 0.00713. The minimum absolute atomic E-state index is 0.00713. The number of hydrogen-bond donors (Lipinski definition) is 1. The van der Waals surface area contributed by atoms with E-state index in [2.05, 4.69) is 33.0 Å². The van der Waals surface area contributed by atoms with Gasteiger partial charge in [-0.05, 0) is 48.8 Å². The van der Waals surface area contributed by atoms with Crippen molar-refractivity contribution in [1.29, 1.82) is 0 Å². The van der Waals surface area contributed by atoms with Crippen LogP contribution in [0.1, 0.15) is 57.3 Å². The summed E-state index contributed by atoms with van der Waals surface area (Å²) in [6.07, 6.45) is 3.31. The first-order chi connectivity index (χ1) is 9.85. The van der Waals surface area contributed by atoms with Crippen molar-refractivity contribution in [1.82, 2.24) is 5.32 Å². The zero-order chi connectivity index (χ0) is 15.5. The van der Waals surface area contributed by atoms with Gasteiger partial charge < -0.3 is 10.1 Å². The Morgan fingerprint density at radius 3 is 2.81 bits per heavy atom. The van der Waals surface area contributed by atoms with Crippen LogP contribution >= 0.6 is 0 Å². The number of benzene rings is 1. The van der Waals surface area contributed by atoms with E-state index in [1.807, 2.05) is 24.3 Å². The van der Waals surface area contributed by atoms with Crippen LogP contribution in [0.3, 0.4) is 0 Å². The standard InChI is InChI=1S/C18H27NO2/c1-13(2)12-21-16-7-5-6-14(10-16)17(20)19-15-8-9-18(3,4)11-15/h5-7,10,13,15H,8-9,11-12H2,1-4H3,(H,19,20). The number of ether oxygens (including phenoxy) is 1. The van der Waals surface area contributed by atoms with Crippen LogP contribution in [0.25, 0.3) is 0 Å². The van der Waals surface area contributed by atoms with Crippen LogP contribution in [0.2, 0.25) is 0 Å². The summed E-state index contributed by atoms with van der Waals surface area (Å²) in [6, 6.07) is 7.75. The molecular formula is C18H27NO2. The highest BCUT2D eigenvalue weighted by atomic mass is 16.5. The Morgan fingerprint density at radius 1 is 1.43 bits per heavy atom. The molecule has 3 nitrogen and oxygen atoms in total. The summed E-state index contributed by atoms with van der Waals surface area (Å²) in [7, 11) is 0. The molecule has 21 heavy (non-hydrogen) atoms. The molecule has 0 heterocycles. The van der Waals surface area contributed by atoms with E-state index >= 15 is 0 Å². The first-order valence-corrected chi connectivity index (χ1v) is 7.89. The van der Waals surface area contributed by atoms with Gasteiger partial charge in [-0.15, -0.1) is 0 Å². The fourth-order valence-corrected chi connectivity index (χ4v) is 2.82. The summed E-state index contributed by atoms with van der Waals surface area (Å²) in [4.78, 5) is 12.3.